The molecule has 1 aliphatic carbocycles. The standard InChI is InChI=1S/C21H25N5O6/c1-12(15(28)10-27)32-20-16(19(29)26-31-11-21(30)6-3-7-21)17(23)24-18(25-20)14-5-2-4-13(8-14)9-22/h2,4-5,8,12,15,27-28,30H,3,6-7,10-11H2,1H3,(H,26,29)(H2,23,24,25)/t12-,15+/m1/s1. The number of anilines is 1. The quantitative estimate of drug-likeness (QED) is 0.338. The molecule has 11 nitrogen and oxygen atoms in total. The Hall–Kier alpha value is -3.30. The van der Waals surface area contributed by atoms with E-state index in [0.29, 0.717) is 24.0 Å². The molecule has 1 heterocycles. The van der Waals surface area contributed by atoms with E-state index in [1.54, 1.807) is 24.3 Å². The third kappa shape index (κ3) is 5.30. The van der Waals surface area contributed by atoms with Crippen LogP contribution < -0.4 is 16.0 Å². The number of nitrogens with zero attached hydrogens (tertiary/aromatic N) is 3. The van der Waals surface area contributed by atoms with E-state index >= 15 is 0 Å². The fourth-order valence-corrected chi connectivity index (χ4v) is 3.03. The Morgan fingerprint density at radius 2 is 2.16 bits per heavy atom. The van der Waals surface area contributed by atoms with Crippen molar-refractivity contribution in [3.63, 3.8) is 0 Å². The van der Waals surface area contributed by atoms with Crippen molar-refractivity contribution in [2.45, 2.75) is 44.0 Å². The van der Waals surface area contributed by atoms with Gasteiger partial charge in [0, 0.05) is 5.56 Å². The van der Waals surface area contributed by atoms with E-state index in [1.807, 2.05) is 6.07 Å². The molecule has 0 aliphatic heterocycles. The molecule has 11 heteroatoms. The van der Waals surface area contributed by atoms with Crippen LogP contribution in [0.25, 0.3) is 11.4 Å². The zero-order valence-corrected chi connectivity index (χ0v) is 17.5. The maximum Gasteiger partial charge on any atom is 0.284 e. The van der Waals surface area contributed by atoms with Gasteiger partial charge in [0.2, 0.25) is 5.88 Å². The zero-order valence-electron chi connectivity index (χ0n) is 17.5. The fraction of sp³-hybridized carbons (Fsp3) is 0.429. The van der Waals surface area contributed by atoms with Gasteiger partial charge in [-0.05, 0) is 38.3 Å². The van der Waals surface area contributed by atoms with Crippen LogP contribution >= 0.6 is 0 Å². The Bertz CT molecular complexity index is 1020. The molecule has 1 fully saturated rings. The van der Waals surface area contributed by atoms with E-state index in [0.717, 1.165) is 6.42 Å². The van der Waals surface area contributed by atoms with Crippen LogP contribution in [0.5, 0.6) is 5.88 Å². The van der Waals surface area contributed by atoms with Gasteiger partial charge in [0.05, 0.1) is 23.8 Å². The maximum atomic E-state index is 12.7. The summed E-state index contributed by atoms with van der Waals surface area (Å²) in [5.74, 6) is -1.16. The highest BCUT2D eigenvalue weighted by Gasteiger charge is 2.35. The average Bonchev–Trinajstić information content (AvgIpc) is 2.76. The number of nitrogens with two attached hydrogens (primary N) is 1. The molecule has 2 aromatic rings. The first-order valence-electron chi connectivity index (χ1n) is 10.0. The monoisotopic (exact) mass is 443 g/mol. The molecule has 170 valence electrons. The summed E-state index contributed by atoms with van der Waals surface area (Å²) >= 11 is 0. The second-order valence-corrected chi connectivity index (χ2v) is 7.68. The number of ether oxygens (including phenoxy) is 1. The Labute approximate surface area is 184 Å². The van der Waals surface area contributed by atoms with E-state index in [1.165, 1.54) is 6.92 Å². The minimum Gasteiger partial charge on any atom is -0.471 e. The Balaban J connectivity index is 1.91. The summed E-state index contributed by atoms with van der Waals surface area (Å²) in [6.45, 7) is 0.829. The van der Waals surface area contributed by atoms with Gasteiger partial charge in [-0.25, -0.2) is 10.5 Å². The molecule has 2 atom stereocenters. The number of carbonyl (C=O) groups excluding carboxylic acids is 1. The molecule has 1 aromatic carbocycles. The first-order chi connectivity index (χ1) is 15.3. The fourth-order valence-electron chi connectivity index (χ4n) is 3.03. The molecular weight excluding hydrogens is 418 g/mol. The molecule has 0 saturated heterocycles. The minimum atomic E-state index is -1.24. The highest BCUT2D eigenvalue weighted by atomic mass is 16.7. The Morgan fingerprint density at radius 3 is 2.78 bits per heavy atom. The largest absolute Gasteiger partial charge is 0.471 e. The second-order valence-electron chi connectivity index (χ2n) is 7.68. The number of hydrogen-bond acceptors (Lipinski definition) is 10. The molecule has 3 rings (SSSR count). The summed E-state index contributed by atoms with van der Waals surface area (Å²) in [5, 5.41) is 38.3. The molecule has 1 saturated carbocycles. The van der Waals surface area contributed by atoms with Crippen molar-refractivity contribution in [1.29, 1.82) is 5.26 Å². The minimum absolute atomic E-state index is 0.0889. The van der Waals surface area contributed by atoms with Crippen LogP contribution in [0.1, 0.15) is 42.1 Å². The van der Waals surface area contributed by atoms with Gasteiger partial charge in [-0.15, -0.1) is 0 Å². The lowest BCUT2D eigenvalue weighted by Gasteiger charge is -2.35. The molecule has 1 aliphatic rings. The molecule has 1 aromatic heterocycles. The van der Waals surface area contributed by atoms with Crippen LogP contribution in [0.15, 0.2) is 24.3 Å². The van der Waals surface area contributed by atoms with Gasteiger partial charge in [-0.3, -0.25) is 9.63 Å². The average molecular weight is 443 g/mol. The number of benzene rings is 1. The van der Waals surface area contributed by atoms with Gasteiger partial charge in [0.25, 0.3) is 5.91 Å². The number of nitrogen functional groups attached to an aromatic ring is 1. The van der Waals surface area contributed by atoms with Crippen molar-refractivity contribution in [3.05, 3.63) is 35.4 Å². The predicted octanol–water partition coefficient (Wildman–Crippen LogP) is 0.294. The smallest absolute Gasteiger partial charge is 0.284 e. The van der Waals surface area contributed by atoms with E-state index in [2.05, 4.69) is 15.4 Å². The normalized spacial score (nSPS) is 16.3. The first-order valence-corrected chi connectivity index (χ1v) is 10.0. The van der Waals surface area contributed by atoms with E-state index < -0.39 is 30.3 Å². The molecule has 0 radical (unpaired) electrons. The van der Waals surface area contributed by atoms with Crippen LogP contribution in [-0.2, 0) is 4.84 Å². The molecular formula is C21H25N5O6. The molecule has 0 bridgehead atoms. The maximum absolute atomic E-state index is 12.7. The van der Waals surface area contributed by atoms with Crippen LogP contribution in [0.3, 0.4) is 0 Å². The predicted molar refractivity (Wildman–Crippen MR) is 112 cm³/mol. The van der Waals surface area contributed by atoms with Gasteiger partial charge in [-0.2, -0.15) is 10.2 Å². The second kappa shape index (κ2) is 9.88. The SMILES string of the molecule is C[C@@H](Oc1nc(-c2cccc(C#N)c2)nc(N)c1C(=O)NOCC1(O)CCC1)[C@@H](O)CO. The molecule has 32 heavy (non-hydrogen) atoms. The van der Waals surface area contributed by atoms with Gasteiger partial charge in [0.15, 0.2) is 5.82 Å². The summed E-state index contributed by atoms with van der Waals surface area (Å²) in [7, 11) is 0. The topological polar surface area (TPSA) is 184 Å². The van der Waals surface area contributed by atoms with E-state index in [9.17, 15) is 20.1 Å². The third-order valence-electron chi connectivity index (χ3n) is 5.20. The number of amides is 1. The number of nitrogens with one attached hydrogen (secondary N) is 1. The lowest BCUT2D eigenvalue weighted by Crippen LogP contribution is -2.44. The number of hydrogen-bond donors (Lipinski definition) is 5. The van der Waals surface area contributed by atoms with Gasteiger partial charge < -0.3 is 25.8 Å². The van der Waals surface area contributed by atoms with Crippen molar-refractivity contribution in [2.75, 3.05) is 18.9 Å². The molecule has 0 spiro atoms. The Kier molecular flexibility index (Phi) is 7.22. The summed E-state index contributed by atoms with van der Waals surface area (Å²) in [6.07, 6.45) is -0.135. The number of carbonyl (C=O) groups is 1. The molecule has 0 unspecified atom stereocenters. The van der Waals surface area contributed by atoms with Crippen LogP contribution in [0.4, 0.5) is 5.82 Å². The van der Waals surface area contributed by atoms with E-state index in [4.69, 9.17) is 20.6 Å². The highest BCUT2D eigenvalue weighted by molar-refractivity contribution is 6.00. The Morgan fingerprint density at radius 1 is 1.41 bits per heavy atom. The summed E-state index contributed by atoms with van der Waals surface area (Å²) in [5.41, 5.74) is 7.88. The van der Waals surface area contributed by atoms with Crippen molar-refractivity contribution >= 4 is 11.7 Å². The number of aliphatic hydroxyl groups excluding tert-OH is 2. The lowest BCUT2D eigenvalue weighted by molar-refractivity contribution is -0.113. The number of nitriles is 1. The summed E-state index contributed by atoms with van der Waals surface area (Å²) < 4.78 is 5.63. The van der Waals surface area contributed by atoms with Gasteiger partial charge in [0.1, 0.15) is 30.2 Å². The molecule has 6 N–H and O–H groups in total. The number of aromatic nitrogens is 2. The van der Waals surface area contributed by atoms with Crippen molar-refractivity contribution in [3.8, 4) is 23.3 Å². The molecule has 1 amide bonds. The number of rotatable bonds is 9. The van der Waals surface area contributed by atoms with Crippen molar-refractivity contribution in [2.24, 2.45) is 0 Å². The lowest BCUT2D eigenvalue weighted by atomic mass is 9.81. The number of aliphatic hydroxyl groups is 3. The van der Waals surface area contributed by atoms with Crippen molar-refractivity contribution < 1.29 is 29.7 Å². The van der Waals surface area contributed by atoms with Crippen LogP contribution in [-0.4, -0.2) is 62.2 Å². The van der Waals surface area contributed by atoms with Gasteiger partial charge in [-0.1, -0.05) is 12.1 Å². The third-order valence-corrected chi connectivity index (χ3v) is 5.20. The van der Waals surface area contributed by atoms with E-state index in [-0.39, 0.29) is 29.7 Å². The van der Waals surface area contributed by atoms with Crippen LogP contribution in [0.2, 0.25) is 0 Å². The van der Waals surface area contributed by atoms with Crippen LogP contribution in [0, 0.1) is 11.3 Å². The zero-order chi connectivity index (χ0) is 23.3. The summed E-state index contributed by atoms with van der Waals surface area (Å²) in [4.78, 5) is 26.3. The highest BCUT2D eigenvalue weighted by Crippen LogP contribution is 2.31. The first kappa shape index (κ1) is 23.4. The summed E-state index contributed by atoms with van der Waals surface area (Å²) in [6, 6.07) is 8.48. The van der Waals surface area contributed by atoms with Crippen molar-refractivity contribution in [1.82, 2.24) is 15.4 Å². The number of hydroxylamine groups is 1. The van der Waals surface area contributed by atoms with Gasteiger partial charge >= 0.3 is 0 Å².